The fourth-order valence-corrected chi connectivity index (χ4v) is 23.0. The zero-order valence-electron chi connectivity index (χ0n) is 84.0. The first-order chi connectivity index (χ1) is 61.6. The lowest BCUT2D eigenvalue weighted by Crippen LogP contribution is -2.42. The SMILES string of the molecule is [2H]C[C@H]1O[C@H]([3H])C[C@@H]1O[P@@]1(=O)OCC[C@H]([C@H]2O[C@H]([3H])C[C@@H]2C)O1.[2H]C[C@H]1O[C@H]([3H])C[C@@H]1O[P@@]1(=O)OCC[C@H]([C@H]2O[C@H]([3H])C[C@@H]2OP(OCC[N+]#[C-])N(C(C)C)C(C)C)O1.[2H]C[C@H]1O[C@H]([3H])C[C@@H]1O[P@]1(=O)OCC[C@H]([C@H]2O[C@H]([3H])C[C@@H]2C)O1.[2H]C[C@H]1O[C@H]([3H])C[C@@H]1O[P@]1(=O)OCC[C@H]([C@H]2O[C@H]([3H])C[C@@H]2OP(OCC[N+]#[C-])N(C(C)C)C(C)C)O1.[3H]OC.[3H]OC.[3H]OC.[3H]OC. The molecule has 668 valence electrons. The zero-order valence-corrected chi connectivity index (χ0v) is 73.3. The molecule has 12 heterocycles. The largest absolute Gasteiger partial charge is 0.475 e. The molecule has 12 saturated heterocycles. The summed E-state index contributed by atoms with van der Waals surface area (Å²) >= 11 is 0. The number of phosphoric acid groups is 4. The van der Waals surface area contributed by atoms with Crippen LogP contribution in [-0.2, 0) is 129 Å². The van der Waals surface area contributed by atoms with E-state index in [0.29, 0.717) is 38.5 Å². The normalized spacial score (nSPS) is 45.6. The number of ether oxygens (including phenoxy) is 8. The number of aliphatic hydroxyl groups excluding tert-OH is 4. The maximum atomic E-state index is 13.4. The van der Waals surface area contributed by atoms with Gasteiger partial charge in [-0.3, -0.25) is 54.3 Å². The minimum Gasteiger partial charge on any atom is -0.400 e. The van der Waals surface area contributed by atoms with E-state index >= 15 is 0 Å². The number of hydrogen-bond donors (Lipinski definition) is 4. The molecule has 12 aliphatic rings. The van der Waals surface area contributed by atoms with Crippen molar-refractivity contribution in [2.24, 2.45) is 11.8 Å². The summed E-state index contributed by atoms with van der Waals surface area (Å²) in [7, 11) is -13.5. The van der Waals surface area contributed by atoms with Crippen LogP contribution in [0.5, 0.6) is 0 Å². The van der Waals surface area contributed by atoms with Crippen molar-refractivity contribution in [1.82, 2.24) is 9.34 Å². The molecule has 12 aliphatic heterocycles. The summed E-state index contributed by atoms with van der Waals surface area (Å²) < 4.78 is 307. The second-order valence-corrected chi connectivity index (χ2v) is 37.1. The molecule has 0 aromatic heterocycles. The fourth-order valence-electron chi connectivity index (χ4n) is 13.1. The number of rotatable bonds is 28. The first-order valence-corrected chi connectivity index (χ1v) is 46.3. The second-order valence-electron chi connectivity index (χ2n) is 28.0. The predicted molar refractivity (Wildman–Crippen MR) is 423 cm³/mol. The van der Waals surface area contributed by atoms with Gasteiger partial charge in [0.1, 0.15) is 37.6 Å². The second kappa shape index (κ2) is 53.7. The van der Waals surface area contributed by atoms with E-state index in [1.54, 1.807) is 0 Å². The Labute approximate surface area is 703 Å². The highest BCUT2D eigenvalue weighted by Gasteiger charge is 2.52. The highest BCUT2D eigenvalue weighted by molar-refractivity contribution is 7.49. The Kier molecular flexibility index (Phi) is 38.0. The fraction of sp³-hybridized carbons (Fsp3) is 0.972. The van der Waals surface area contributed by atoms with E-state index in [2.05, 4.69) is 39.5 Å². The summed E-state index contributed by atoms with van der Waals surface area (Å²) in [6.07, 6.45) is -6.38. The molecule has 0 saturated carbocycles. The van der Waals surface area contributed by atoms with Gasteiger partial charge < -0.3 is 86.1 Å². The average molecular weight is 1790 g/mol. The lowest BCUT2D eigenvalue weighted by Gasteiger charge is -2.39. The Morgan fingerprint density at radius 3 is 0.886 bits per heavy atom. The number of hydrogen-bond acceptors (Lipinski definition) is 34. The van der Waals surface area contributed by atoms with E-state index in [1.807, 2.05) is 69.2 Å². The minimum atomic E-state index is -4.01. The van der Waals surface area contributed by atoms with Gasteiger partial charge in [0.25, 0.3) is 17.1 Å². The topological polar surface area (TPSA) is 386 Å². The minimum absolute atomic E-state index is 0.0766. The van der Waals surface area contributed by atoms with Crippen molar-refractivity contribution in [3.8, 4) is 0 Å². The van der Waals surface area contributed by atoms with Gasteiger partial charge >= 0.3 is 31.3 Å². The van der Waals surface area contributed by atoms with Crippen LogP contribution < -0.4 is 0 Å². The van der Waals surface area contributed by atoms with Crippen molar-refractivity contribution in [2.75, 3.05) is 134 Å². The third kappa shape index (κ3) is 32.3. The van der Waals surface area contributed by atoms with Crippen molar-refractivity contribution in [2.45, 2.75) is 308 Å². The Morgan fingerprint density at radius 2 is 0.649 bits per heavy atom. The van der Waals surface area contributed by atoms with E-state index in [1.165, 1.54) is 28.4 Å². The molecule has 0 spiro atoms. The first kappa shape index (κ1) is 80.7. The van der Waals surface area contributed by atoms with Crippen molar-refractivity contribution < 1.29 is 165 Å². The molecule has 36 nitrogen and oxygen atoms in total. The number of aliphatic hydroxyl groups is 4. The maximum absolute atomic E-state index is 13.4. The standard InChI is InChI=1S/2C21H38N2O8P2.2C13H23O6P.4CH4O/c2*1-15(2)23(16(3)4)32(27-14-10-22-6)29-19-8-12-26-21(19)20-9-13-28-33(24,31-20)30-18-7-11-25-17(18)5;2*1-9-3-6-16-13(9)12-5-8-17-20(14,19-12)18-11-4-7-15-10(11)2;4*1-2/h2*15-21H,7-14H2,1-5H3;2*9-13H,3-8H2,1-2H3;4*2H,1H3/t17-,18+,19+,20-,21+,32?,33+;17-,18+,19+,20-,21+,32?,33-;9-,10+,11-,12+,13-,20+;9-,10+,11-,12+,13-,20-;;;;/m1100..../s1/i2*5D,11T,12T;2*2D,6T,7T;4*2T/t11-,12-,17-,18+,19+,20-,21+,32?,33+;11-,12-,17-,18+,19+,20-,21+,32?,33-;6-,7-,9+,10-,11+,12-,13+,20-;6-,7-,9+,10-,11+,12-,13+,20+;;;;/m1111..... The summed E-state index contributed by atoms with van der Waals surface area (Å²) in [5, 5.41) is 14.0. The molecule has 0 aromatic carbocycles. The molecule has 12 rings (SSSR count). The molecular weight excluding hydrogens is 1620 g/mol. The lowest BCUT2D eigenvalue weighted by molar-refractivity contribution is -0.0776. The summed E-state index contributed by atoms with van der Waals surface area (Å²) in [5.41, 5.74) is 0. The molecule has 0 aromatic rings. The van der Waals surface area contributed by atoms with Crippen LogP contribution in [0.2, 0.25) is 0 Å². The molecule has 12 fully saturated rings. The van der Waals surface area contributed by atoms with Crippen LogP contribution in [0.25, 0.3) is 9.69 Å². The van der Waals surface area contributed by atoms with E-state index in [-0.39, 0.29) is 167 Å². The molecule has 34 atom stereocenters. The van der Waals surface area contributed by atoms with Crippen LogP contribution >= 0.6 is 48.3 Å². The smallest absolute Gasteiger partial charge is 0.400 e. The molecule has 4 N–H and O–H groups in total. The molecule has 0 amide bonds. The van der Waals surface area contributed by atoms with Crippen LogP contribution in [0.4, 0.5) is 0 Å². The van der Waals surface area contributed by atoms with Gasteiger partial charge in [-0.05, 0) is 108 Å². The summed E-state index contributed by atoms with van der Waals surface area (Å²) in [4.78, 5) is 6.72. The molecule has 114 heavy (non-hydrogen) atoms. The highest BCUT2D eigenvalue weighted by atomic mass is 31.2. The third-order valence-corrected chi connectivity index (χ3v) is 29.0. The first-order valence-electron chi connectivity index (χ1n) is 47.3. The van der Waals surface area contributed by atoms with Crippen LogP contribution in [0, 0.1) is 25.0 Å². The summed E-state index contributed by atoms with van der Waals surface area (Å²) in [5.74, 6) is 0.282. The zero-order chi connectivity index (χ0) is 97.0. The molecule has 2 unspecified atom stereocenters. The van der Waals surface area contributed by atoms with Gasteiger partial charge in [0.15, 0.2) is 0 Å². The molecule has 0 radical (unpaired) electrons. The van der Waals surface area contributed by atoms with Gasteiger partial charge in [-0.1, -0.05) is 13.8 Å². The van der Waals surface area contributed by atoms with E-state index in [9.17, 15) is 18.3 Å². The van der Waals surface area contributed by atoms with Gasteiger partial charge in [-0.15, -0.1) is 0 Å². The van der Waals surface area contributed by atoms with Crippen LogP contribution in [0.1, 0.15) is 190 Å². The Balaban J connectivity index is 0.000000299. The maximum Gasteiger partial charge on any atom is 0.475 e. The molecule has 0 bridgehead atoms. The predicted octanol–water partition coefficient (Wildman–Crippen LogP) is 12.6. The van der Waals surface area contributed by atoms with Crippen molar-refractivity contribution in [1.29, 1.82) is 5.72 Å². The van der Waals surface area contributed by atoms with E-state index in [4.69, 9.17) is 146 Å². The van der Waals surface area contributed by atoms with Gasteiger partial charge in [0.2, 0.25) is 18.8 Å². The number of phosphoric ester groups is 4. The molecule has 42 heteroatoms. The average Bonchev–Trinajstić information content (AvgIpc) is 1.64. The van der Waals surface area contributed by atoms with Crippen molar-refractivity contribution >= 4 is 48.3 Å². The quantitative estimate of drug-likeness (QED) is 0.0321. The van der Waals surface area contributed by atoms with Gasteiger partial charge in [-0.2, -0.15) is 0 Å². The monoisotopic (exact) mass is 1780 g/mol. The summed E-state index contributed by atoms with van der Waals surface area (Å²) in [6, 6.07) is 0.459. The van der Waals surface area contributed by atoms with E-state index in [0.717, 1.165) is 0 Å². The summed E-state index contributed by atoms with van der Waals surface area (Å²) in [6.45, 7) is 29.3. The Morgan fingerprint density at radius 1 is 0.412 bits per heavy atom. The van der Waals surface area contributed by atoms with Gasteiger partial charge in [0.05, 0.1) is 123 Å². The third-order valence-electron chi connectivity index (χ3n) is 18.5. The van der Waals surface area contributed by atoms with Crippen molar-refractivity contribution in [3.05, 3.63) is 22.8 Å². The van der Waals surface area contributed by atoms with Gasteiger partial charge in [0, 0.05) is 175 Å². The number of nitrogens with zero attached hydrogens (tertiary/aromatic N) is 4. The van der Waals surface area contributed by atoms with Crippen LogP contribution in [0.15, 0.2) is 0 Å². The van der Waals surface area contributed by atoms with Gasteiger partial charge in [-0.25, -0.2) is 40.7 Å². The van der Waals surface area contributed by atoms with E-state index < -0.39 is 199 Å². The Bertz CT molecular complexity index is 3210. The molecule has 0 aliphatic carbocycles. The lowest BCUT2D eigenvalue weighted by atomic mass is 9.98. The molecular formula is C72H138N4O32P6. The highest BCUT2D eigenvalue weighted by Crippen LogP contribution is 2.62. The van der Waals surface area contributed by atoms with Crippen molar-refractivity contribution in [3.63, 3.8) is 0 Å². The van der Waals surface area contributed by atoms with Crippen LogP contribution in [0.3, 0.4) is 0 Å². The Hall–Kier alpha value is -0.440. The van der Waals surface area contributed by atoms with Crippen LogP contribution in [-0.4, -0.2) is 303 Å².